The smallest absolute Gasteiger partial charge is 0.223 e. The zero-order valence-electron chi connectivity index (χ0n) is 6.24. The van der Waals surface area contributed by atoms with Gasteiger partial charge in [0.2, 0.25) is 5.88 Å². The van der Waals surface area contributed by atoms with Gasteiger partial charge in [0, 0.05) is 6.07 Å². The van der Waals surface area contributed by atoms with E-state index in [1.165, 1.54) is 10.9 Å². The van der Waals surface area contributed by atoms with Gasteiger partial charge in [0.15, 0.2) is 16.1 Å². The van der Waals surface area contributed by atoms with Crippen molar-refractivity contribution in [1.82, 2.24) is 9.78 Å². The summed E-state index contributed by atoms with van der Waals surface area (Å²) in [6.45, 7) is 0. The Hall–Kier alpha value is -1.13. The molecule has 6 heteroatoms. The van der Waals surface area contributed by atoms with Crippen LogP contribution in [-0.4, -0.2) is 14.9 Å². The summed E-state index contributed by atoms with van der Waals surface area (Å²) in [6.07, 6.45) is 1.22. The minimum atomic E-state index is -0.103. The maximum absolute atomic E-state index is 9.12. The van der Waals surface area contributed by atoms with Gasteiger partial charge >= 0.3 is 0 Å². The van der Waals surface area contributed by atoms with E-state index in [4.69, 9.17) is 32.7 Å². The molecule has 0 amide bonds. The first-order valence-electron chi connectivity index (χ1n) is 3.36. The molecule has 2 heterocycles. The molecular weight excluding hydrogens is 215 g/mol. The number of hydrogen-bond donors (Lipinski definition) is 1. The molecule has 13 heavy (non-hydrogen) atoms. The summed E-state index contributed by atoms with van der Waals surface area (Å²) in [6, 6.07) is 3.16. The first-order chi connectivity index (χ1) is 6.18. The van der Waals surface area contributed by atoms with Gasteiger partial charge < -0.3 is 9.52 Å². The molecule has 2 aromatic rings. The van der Waals surface area contributed by atoms with Crippen molar-refractivity contribution in [2.45, 2.75) is 0 Å². The highest BCUT2D eigenvalue weighted by Gasteiger charge is 2.11. The van der Waals surface area contributed by atoms with Crippen molar-refractivity contribution in [2.24, 2.45) is 0 Å². The number of hydrogen-bond acceptors (Lipinski definition) is 3. The van der Waals surface area contributed by atoms with Crippen LogP contribution in [0.1, 0.15) is 0 Å². The summed E-state index contributed by atoms with van der Waals surface area (Å²) in [5.41, 5.74) is 0. The first kappa shape index (κ1) is 8.47. The molecule has 0 fully saturated rings. The highest BCUT2D eigenvalue weighted by molar-refractivity contribution is 6.31. The van der Waals surface area contributed by atoms with Crippen molar-refractivity contribution < 1.29 is 9.52 Å². The van der Waals surface area contributed by atoms with Crippen LogP contribution in [0.4, 0.5) is 0 Å². The molecule has 2 aromatic heterocycles. The van der Waals surface area contributed by atoms with Crippen LogP contribution < -0.4 is 0 Å². The minimum absolute atomic E-state index is 0.0889. The highest BCUT2D eigenvalue weighted by atomic mass is 35.5. The van der Waals surface area contributed by atoms with Crippen molar-refractivity contribution >= 4 is 23.2 Å². The van der Waals surface area contributed by atoms with Crippen LogP contribution in [0.5, 0.6) is 5.75 Å². The Balaban J connectivity index is 2.52. The monoisotopic (exact) mass is 218 g/mol. The Labute approximate surface area is 83.3 Å². The summed E-state index contributed by atoms with van der Waals surface area (Å²) >= 11 is 11.3. The van der Waals surface area contributed by atoms with E-state index >= 15 is 0 Å². The molecule has 0 aliphatic carbocycles. The van der Waals surface area contributed by atoms with Gasteiger partial charge in [-0.3, -0.25) is 0 Å². The average molecular weight is 219 g/mol. The lowest BCUT2D eigenvalue weighted by Crippen LogP contribution is -1.92. The van der Waals surface area contributed by atoms with Crippen LogP contribution in [0.15, 0.2) is 22.7 Å². The van der Waals surface area contributed by atoms with Gasteiger partial charge in [0.1, 0.15) is 0 Å². The Morgan fingerprint density at radius 2 is 2.15 bits per heavy atom. The standard InChI is InChI=1S/C7H4Cl2N2O2/c8-5-1-2-6(13-5)11-7(9)4(12)3-10-11/h1-3,12H. The molecule has 0 atom stereocenters. The Morgan fingerprint density at radius 3 is 2.62 bits per heavy atom. The molecule has 0 aliphatic rings. The maximum Gasteiger partial charge on any atom is 0.223 e. The first-order valence-corrected chi connectivity index (χ1v) is 4.12. The molecule has 0 saturated carbocycles. The lowest BCUT2D eigenvalue weighted by Gasteiger charge is -1.95. The van der Waals surface area contributed by atoms with Crippen molar-refractivity contribution in [3.63, 3.8) is 0 Å². The lowest BCUT2D eigenvalue weighted by atomic mass is 10.6. The Kier molecular flexibility index (Phi) is 1.94. The average Bonchev–Trinajstić information content (AvgIpc) is 2.62. The van der Waals surface area contributed by atoms with Crippen LogP contribution >= 0.6 is 23.2 Å². The molecule has 2 rings (SSSR count). The lowest BCUT2D eigenvalue weighted by molar-refractivity contribution is 0.473. The quantitative estimate of drug-likeness (QED) is 0.801. The van der Waals surface area contributed by atoms with Gasteiger partial charge in [-0.05, 0) is 17.7 Å². The molecule has 1 N–H and O–H groups in total. The molecule has 0 bridgehead atoms. The van der Waals surface area contributed by atoms with E-state index in [9.17, 15) is 0 Å². The van der Waals surface area contributed by atoms with Gasteiger partial charge in [-0.2, -0.15) is 9.78 Å². The molecular formula is C7H4Cl2N2O2. The fourth-order valence-electron chi connectivity index (χ4n) is 0.897. The van der Waals surface area contributed by atoms with Crippen molar-refractivity contribution in [3.8, 4) is 11.6 Å². The summed E-state index contributed by atoms with van der Waals surface area (Å²) in [4.78, 5) is 0. The molecule has 0 aromatic carbocycles. The van der Waals surface area contributed by atoms with E-state index in [-0.39, 0.29) is 16.1 Å². The SMILES string of the molecule is Oc1cnn(-c2ccc(Cl)o2)c1Cl. The van der Waals surface area contributed by atoms with Crippen molar-refractivity contribution in [3.05, 3.63) is 28.7 Å². The minimum Gasteiger partial charge on any atom is -0.504 e. The maximum atomic E-state index is 9.12. The van der Waals surface area contributed by atoms with E-state index in [2.05, 4.69) is 5.10 Å². The second-order valence-electron chi connectivity index (χ2n) is 2.31. The van der Waals surface area contributed by atoms with Crippen LogP contribution in [0.2, 0.25) is 10.4 Å². The van der Waals surface area contributed by atoms with Crippen molar-refractivity contribution in [2.75, 3.05) is 0 Å². The number of rotatable bonds is 1. The highest BCUT2D eigenvalue weighted by Crippen LogP contribution is 2.26. The third-order valence-corrected chi connectivity index (χ3v) is 2.02. The largest absolute Gasteiger partial charge is 0.504 e. The van der Waals surface area contributed by atoms with Gasteiger partial charge in [-0.15, -0.1) is 0 Å². The number of furan rings is 1. The third kappa shape index (κ3) is 1.38. The molecule has 0 radical (unpaired) electrons. The topological polar surface area (TPSA) is 51.2 Å². The number of aromatic nitrogens is 2. The molecule has 0 spiro atoms. The zero-order valence-corrected chi connectivity index (χ0v) is 7.75. The summed E-state index contributed by atoms with van der Waals surface area (Å²) in [5.74, 6) is 0.254. The van der Waals surface area contributed by atoms with Gasteiger partial charge in [0.25, 0.3) is 0 Å². The Morgan fingerprint density at radius 1 is 1.38 bits per heavy atom. The van der Waals surface area contributed by atoms with E-state index in [1.54, 1.807) is 12.1 Å². The van der Waals surface area contributed by atoms with Crippen LogP contribution in [-0.2, 0) is 0 Å². The zero-order chi connectivity index (χ0) is 9.42. The summed E-state index contributed by atoms with van der Waals surface area (Å²) in [5, 5.41) is 13.2. The summed E-state index contributed by atoms with van der Waals surface area (Å²) < 4.78 is 6.27. The second kappa shape index (κ2) is 2.97. The van der Waals surface area contributed by atoms with Crippen LogP contribution in [0, 0.1) is 0 Å². The van der Waals surface area contributed by atoms with Crippen molar-refractivity contribution in [1.29, 1.82) is 0 Å². The normalized spacial score (nSPS) is 10.6. The van der Waals surface area contributed by atoms with Crippen LogP contribution in [0.3, 0.4) is 0 Å². The second-order valence-corrected chi connectivity index (χ2v) is 3.04. The molecule has 0 unspecified atom stereocenters. The fraction of sp³-hybridized carbons (Fsp3) is 0. The van der Waals surface area contributed by atoms with Gasteiger partial charge in [-0.1, -0.05) is 11.6 Å². The number of aromatic hydroxyl groups is 1. The molecule has 68 valence electrons. The number of nitrogens with zero attached hydrogens (tertiary/aromatic N) is 2. The summed E-state index contributed by atoms with van der Waals surface area (Å²) in [7, 11) is 0. The van der Waals surface area contributed by atoms with Crippen LogP contribution in [0.25, 0.3) is 5.88 Å². The third-order valence-electron chi connectivity index (χ3n) is 1.46. The Bertz CT molecular complexity index is 435. The predicted molar refractivity (Wildman–Crippen MR) is 47.5 cm³/mol. The predicted octanol–water partition coefficient (Wildman–Crippen LogP) is 2.48. The van der Waals surface area contributed by atoms with Gasteiger partial charge in [0.05, 0.1) is 6.20 Å². The van der Waals surface area contributed by atoms with E-state index in [0.29, 0.717) is 5.88 Å². The molecule has 4 nitrogen and oxygen atoms in total. The van der Waals surface area contributed by atoms with Gasteiger partial charge in [-0.25, -0.2) is 0 Å². The van der Waals surface area contributed by atoms with E-state index in [0.717, 1.165) is 0 Å². The fourth-order valence-corrected chi connectivity index (χ4v) is 1.21. The van der Waals surface area contributed by atoms with E-state index in [1.807, 2.05) is 0 Å². The number of halogens is 2. The van der Waals surface area contributed by atoms with E-state index < -0.39 is 0 Å². The molecule has 0 saturated heterocycles. The molecule has 0 aliphatic heterocycles.